The number of benzene rings is 1. The van der Waals surface area contributed by atoms with Gasteiger partial charge in [0.2, 0.25) is 0 Å². The van der Waals surface area contributed by atoms with Gasteiger partial charge in [-0.25, -0.2) is 4.98 Å². The molecule has 1 amide bonds. The van der Waals surface area contributed by atoms with Crippen LogP contribution in [0.2, 0.25) is 0 Å². The van der Waals surface area contributed by atoms with E-state index in [1.54, 1.807) is 0 Å². The van der Waals surface area contributed by atoms with Gasteiger partial charge in [-0.2, -0.15) is 5.10 Å². The third-order valence-corrected chi connectivity index (χ3v) is 5.29. The predicted octanol–water partition coefficient (Wildman–Crippen LogP) is 3.86. The van der Waals surface area contributed by atoms with E-state index >= 15 is 0 Å². The predicted molar refractivity (Wildman–Crippen MR) is 101 cm³/mol. The quantitative estimate of drug-likeness (QED) is 0.734. The van der Waals surface area contributed by atoms with Gasteiger partial charge >= 0.3 is 0 Å². The zero-order valence-electron chi connectivity index (χ0n) is 15.7. The highest BCUT2D eigenvalue weighted by molar-refractivity contribution is 6.04. The van der Waals surface area contributed by atoms with Crippen LogP contribution in [0.4, 0.5) is 5.69 Å². The Balaban J connectivity index is 1.55. The molecule has 1 aromatic carbocycles. The van der Waals surface area contributed by atoms with Gasteiger partial charge in [0.15, 0.2) is 11.5 Å². The highest BCUT2D eigenvalue weighted by Gasteiger charge is 2.34. The van der Waals surface area contributed by atoms with E-state index in [4.69, 9.17) is 4.52 Å². The van der Waals surface area contributed by atoms with Gasteiger partial charge in [0.1, 0.15) is 12.1 Å². The van der Waals surface area contributed by atoms with Gasteiger partial charge in [0, 0.05) is 23.2 Å². The number of H-pyrrole nitrogens is 1. The first-order valence-corrected chi connectivity index (χ1v) is 9.16. The average Bonchev–Trinajstić information content (AvgIpc) is 3.30. The number of aromatic amines is 1. The summed E-state index contributed by atoms with van der Waals surface area (Å²) in [6.45, 7) is 6.72. The number of aryl methyl sites for hydroxylation is 1. The summed E-state index contributed by atoms with van der Waals surface area (Å²) in [5.41, 5.74) is 3.05. The van der Waals surface area contributed by atoms with Gasteiger partial charge < -0.3 is 9.84 Å². The van der Waals surface area contributed by atoms with Gasteiger partial charge in [-0.05, 0) is 36.3 Å². The molecule has 2 heterocycles. The fourth-order valence-electron chi connectivity index (χ4n) is 3.60. The van der Waals surface area contributed by atoms with Crippen molar-refractivity contribution >= 4 is 11.6 Å². The van der Waals surface area contributed by atoms with Crippen molar-refractivity contribution in [1.82, 2.24) is 20.3 Å². The van der Waals surface area contributed by atoms with E-state index in [-0.39, 0.29) is 11.3 Å². The maximum Gasteiger partial charge on any atom is 0.278 e. The van der Waals surface area contributed by atoms with Crippen molar-refractivity contribution in [3.05, 3.63) is 47.6 Å². The fourth-order valence-corrected chi connectivity index (χ4v) is 3.60. The second-order valence-electron chi connectivity index (χ2n) is 8.11. The van der Waals surface area contributed by atoms with Crippen LogP contribution in [0.3, 0.4) is 0 Å². The molecule has 0 radical (unpaired) electrons. The largest absolute Gasteiger partial charge is 0.360 e. The summed E-state index contributed by atoms with van der Waals surface area (Å²) in [7, 11) is 0. The molecule has 2 N–H and O–H groups in total. The molecule has 0 fully saturated rings. The van der Waals surface area contributed by atoms with Crippen molar-refractivity contribution in [3.63, 3.8) is 0 Å². The van der Waals surface area contributed by atoms with Crippen LogP contribution in [-0.4, -0.2) is 26.2 Å². The molecule has 7 heteroatoms. The van der Waals surface area contributed by atoms with Crippen LogP contribution in [0.15, 0.2) is 35.1 Å². The molecular weight excluding hydrogens is 342 g/mol. The summed E-state index contributed by atoms with van der Waals surface area (Å²) >= 11 is 0. The lowest BCUT2D eigenvalue weighted by molar-refractivity contribution is 0.101. The van der Waals surface area contributed by atoms with E-state index in [2.05, 4.69) is 46.4 Å². The SMILES string of the molecule is CC(C)(C)[C@H]1CCc2onc(C(=O)Nc3cccc(-c4ncn[nH]4)c3)c2C1. The van der Waals surface area contributed by atoms with Crippen molar-refractivity contribution in [2.45, 2.75) is 40.0 Å². The van der Waals surface area contributed by atoms with E-state index in [0.717, 1.165) is 36.1 Å². The van der Waals surface area contributed by atoms with Crippen molar-refractivity contribution in [2.24, 2.45) is 11.3 Å². The van der Waals surface area contributed by atoms with Crippen LogP contribution in [0.1, 0.15) is 49.0 Å². The van der Waals surface area contributed by atoms with Crippen molar-refractivity contribution in [1.29, 1.82) is 0 Å². The summed E-state index contributed by atoms with van der Waals surface area (Å²) < 4.78 is 5.46. The summed E-state index contributed by atoms with van der Waals surface area (Å²) in [6, 6.07) is 7.45. The highest BCUT2D eigenvalue weighted by Crippen LogP contribution is 2.38. The van der Waals surface area contributed by atoms with Gasteiger partial charge in [-0.1, -0.05) is 38.1 Å². The molecule has 27 heavy (non-hydrogen) atoms. The number of amides is 1. The Morgan fingerprint density at radius 1 is 1.33 bits per heavy atom. The van der Waals surface area contributed by atoms with Crippen LogP contribution in [0.25, 0.3) is 11.4 Å². The van der Waals surface area contributed by atoms with Crippen LogP contribution >= 0.6 is 0 Å². The summed E-state index contributed by atoms with van der Waals surface area (Å²) in [5, 5.41) is 13.7. The molecule has 1 aliphatic rings. The Bertz CT molecular complexity index is 953. The summed E-state index contributed by atoms with van der Waals surface area (Å²) in [5.74, 6) is 1.75. The Labute approximate surface area is 157 Å². The van der Waals surface area contributed by atoms with E-state index < -0.39 is 0 Å². The summed E-state index contributed by atoms with van der Waals surface area (Å²) in [6.07, 6.45) is 4.17. The molecule has 4 rings (SSSR count). The van der Waals surface area contributed by atoms with Crippen molar-refractivity contribution in [3.8, 4) is 11.4 Å². The van der Waals surface area contributed by atoms with Crippen LogP contribution < -0.4 is 5.32 Å². The van der Waals surface area contributed by atoms with Crippen molar-refractivity contribution < 1.29 is 9.32 Å². The molecule has 1 atom stereocenters. The second-order valence-corrected chi connectivity index (χ2v) is 8.11. The molecule has 3 aromatic rings. The number of carbonyl (C=O) groups is 1. The molecular formula is C20H23N5O2. The van der Waals surface area contributed by atoms with E-state index in [9.17, 15) is 4.79 Å². The first-order chi connectivity index (χ1) is 12.9. The summed E-state index contributed by atoms with van der Waals surface area (Å²) in [4.78, 5) is 17.0. The molecule has 0 saturated heterocycles. The maximum absolute atomic E-state index is 12.8. The third-order valence-electron chi connectivity index (χ3n) is 5.29. The zero-order chi connectivity index (χ0) is 19.0. The third kappa shape index (κ3) is 3.49. The van der Waals surface area contributed by atoms with E-state index in [0.29, 0.717) is 23.1 Å². The first-order valence-electron chi connectivity index (χ1n) is 9.16. The van der Waals surface area contributed by atoms with E-state index in [1.807, 2.05) is 24.3 Å². The van der Waals surface area contributed by atoms with Gasteiger partial charge in [-0.15, -0.1) is 0 Å². The number of hydrogen-bond acceptors (Lipinski definition) is 5. The maximum atomic E-state index is 12.8. The van der Waals surface area contributed by atoms with Crippen LogP contribution in [0, 0.1) is 11.3 Å². The molecule has 2 aromatic heterocycles. The lowest BCUT2D eigenvalue weighted by Gasteiger charge is -2.33. The number of nitrogens with one attached hydrogen (secondary N) is 2. The van der Waals surface area contributed by atoms with Crippen LogP contribution in [-0.2, 0) is 12.8 Å². The second kappa shape index (κ2) is 6.64. The van der Waals surface area contributed by atoms with Gasteiger partial charge in [-0.3, -0.25) is 9.89 Å². The zero-order valence-corrected chi connectivity index (χ0v) is 15.7. The van der Waals surface area contributed by atoms with E-state index in [1.165, 1.54) is 6.33 Å². The number of carbonyl (C=O) groups excluding carboxylic acids is 1. The molecule has 0 spiro atoms. The molecule has 140 valence electrons. The lowest BCUT2D eigenvalue weighted by atomic mass is 9.71. The normalized spacial score (nSPS) is 16.8. The topological polar surface area (TPSA) is 96.7 Å². The Kier molecular flexibility index (Phi) is 4.30. The molecule has 1 aliphatic carbocycles. The van der Waals surface area contributed by atoms with Crippen LogP contribution in [0.5, 0.6) is 0 Å². The number of fused-ring (bicyclic) bond motifs is 1. The number of hydrogen-bond donors (Lipinski definition) is 2. The Hall–Kier alpha value is -2.96. The van der Waals surface area contributed by atoms with Gasteiger partial charge in [0.05, 0.1) is 0 Å². The molecule has 0 aliphatic heterocycles. The lowest BCUT2D eigenvalue weighted by Crippen LogP contribution is -2.27. The minimum absolute atomic E-state index is 0.189. The number of nitrogens with zero attached hydrogens (tertiary/aromatic N) is 3. The Morgan fingerprint density at radius 3 is 2.93 bits per heavy atom. The number of anilines is 1. The highest BCUT2D eigenvalue weighted by atomic mass is 16.5. The average molecular weight is 365 g/mol. The molecule has 7 nitrogen and oxygen atoms in total. The number of aromatic nitrogens is 4. The first kappa shape index (κ1) is 17.5. The minimum Gasteiger partial charge on any atom is -0.360 e. The molecule has 0 bridgehead atoms. The monoisotopic (exact) mass is 365 g/mol. The molecule has 0 saturated carbocycles. The molecule has 0 unspecified atom stereocenters. The van der Waals surface area contributed by atoms with Gasteiger partial charge in [0.25, 0.3) is 5.91 Å². The standard InChI is InChI=1S/C20H23N5O2/c1-20(2,3)13-7-8-16-15(10-13)17(25-27-16)19(26)23-14-6-4-5-12(9-14)18-21-11-22-24-18/h4-6,9,11,13H,7-8,10H2,1-3H3,(H,23,26)(H,21,22,24)/t13-/m0/s1. The Morgan fingerprint density at radius 2 is 2.19 bits per heavy atom. The smallest absolute Gasteiger partial charge is 0.278 e. The van der Waals surface area contributed by atoms with Crippen molar-refractivity contribution in [2.75, 3.05) is 5.32 Å². The minimum atomic E-state index is -0.246. The number of rotatable bonds is 3. The fraction of sp³-hybridized carbons (Fsp3) is 0.400.